The Balaban J connectivity index is 1.90. The third kappa shape index (κ3) is 3.50. The normalized spacial score (nSPS) is 18.7. The number of hydrogen-bond acceptors (Lipinski definition) is 3. The molecule has 1 aromatic carbocycles. The van der Waals surface area contributed by atoms with Crippen LogP contribution in [0, 0.1) is 5.92 Å². The van der Waals surface area contributed by atoms with Crippen molar-refractivity contribution < 1.29 is 14.7 Å². The zero-order chi connectivity index (χ0) is 13.8. The van der Waals surface area contributed by atoms with Gasteiger partial charge in [-0.15, -0.1) is 11.8 Å². The molecule has 102 valence electrons. The summed E-state index contributed by atoms with van der Waals surface area (Å²) in [6, 6.07) is 7.93. The van der Waals surface area contributed by atoms with Crippen molar-refractivity contribution in [2.24, 2.45) is 5.92 Å². The van der Waals surface area contributed by atoms with E-state index >= 15 is 0 Å². The minimum atomic E-state index is -0.830. The van der Waals surface area contributed by atoms with Gasteiger partial charge in [-0.1, -0.05) is 25.1 Å². The highest BCUT2D eigenvalue weighted by Crippen LogP contribution is 2.39. The molecule has 1 aromatic rings. The molecule has 1 heterocycles. The largest absolute Gasteiger partial charge is 0.481 e. The summed E-state index contributed by atoms with van der Waals surface area (Å²) in [5, 5.41) is 11.5. The zero-order valence-electron chi connectivity index (χ0n) is 10.8. The first-order valence-electron chi connectivity index (χ1n) is 6.29. The fraction of sp³-hybridized carbons (Fsp3) is 0.429. The highest BCUT2D eigenvalue weighted by Gasteiger charge is 2.28. The van der Waals surface area contributed by atoms with E-state index in [0.717, 1.165) is 11.3 Å². The predicted molar refractivity (Wildman–Crippen MR) is 74.3 cm³/mol. The van der Waals surface area contributed by atoms with E-state index in [1.807, 2.05) is 31.2 Å². The molecule has 2 rings (SSSR count). The van der Waals surface area contributed by atoms with Crippen LogP contribution in [0.15, 0.2) is 29.2 Å². The Labute approximate surface area is 116 Å². The first-order valence-corrected chi connectivity index (χ1v) is 7.27. The molecule has 4 nitrogen and oxygen atoms in total. The average Bonchev–Trinajstić information content (AvgIpc) is 2.79. The third-order valence-corrected chi connectivity index (χ3v) is 4.35. The van der Waals surface area contributed by atoms with Gasteiger partial charge >= 0.3 is 5.97 Å². The van der Waals surface area contributed by atoms with Crippen LogP contribution in [0.5, 0.6) is 0 Å². The predicted octanol–water partition coefficient (Wildman–Crippen LogP) is 2.10. The number of nitrogens with one attached hydrogen (secondary N) is 1. The fourth-order valence-electron chi connectivity index (χ4n) is 2.15. The molecule has 0 saturated heterocycles. The van der Waals surface area contributed by atoms with E-state index in [9.17, 15) is 9.59 Å². The maximum atomic E-state index is 12.1. The van der Waals surface area contributed by atoms with Crippen LogP contribution in [0.4, 0.5) is 0 Å². The first-order chi connectivity index (χ1) is 9.08. The first kappa shape index (κ1) is 13.9. The van der Waals surface area contributed by atoms with Gasteiger partial charge in [-0.2, -0.15) is 0 Å². The standard InChI is InChI=1S/C14H17NO3S/c1-9(6-13(16)17)7-15-14(18)11-8-19-12-5-3-2-4-10(11)12/h2-5,9,11H,6-8H2,1H3,(H,15,18)(H,16,17)/t9-,11-/m1/s1. The highest BCUT2D eigenvalue weighted by molar-refractivity contribution is 7.99. The Morgan fingerprint density at radius 3 is 2.95 bits per heavy atom. The van der Waals surface area contributed by atoms with E-state index in [2.05, 4.69) is 5.32 Å². The number of amides is 1. The van der Waals surface area contributed by atoms with Gasteiger partial charge in [0.25, 0.3) is 0 Å². The van der Waals surface area contributed by atoms with Crippen molar-refractivity contribution in [3.05, 3.63) is 29.8 Å². The zero-order valence-corrected chi connectivity index (χ0v) is 11.6. The quantitative estimate of drug-likeness (QED) is 0.866. The Morgan fingerprint density at radius 1 is 1.47 bits per heavy atom. The second-order valence-corrected chi connectivity index (χ2v) is 5.91. The van der Waals surface area contributed by atoms with E-state index in [-0.39, 0.29) is 24.2 Å². The molecular weight excluding hydrogens is 262 g/mol. The molecule has 5 heteroatoms. The Hall–Kier alpha value is -1.49. The molecule has 0 aromatic heterocycles. The van der Waals surface area contributed by atoms with Crippen LogP contribution in [0.1, 0.15) is 24.8 Å². The Bertz CT molecular complexity index is 489. The van der Waals surface area contributed by atoms with E-state index < -0.39 is 5.97 Å². The molecule has 2 N–H and O–H groups in total. The lowest BCUT2D eigenvalue weighted by atomic mass is 10.00. The van der Waals surface area contributed by atoms with Crippen LogP contribution in [-0.2, 0) is 9.59 Å². The lowest BCUT2D eigenvalue weighted by molar-refractivity contribution is -0.138. The molecule has 0 spiro atoms. The van der Waals surface area contributed by atoms with Gasteiger partial charge in [-0.25, -0.2) is 0 Å². The van der Waals surface area contributed by atoms with Crippen molar-refractivity contribution in [1.82, 2.24) is 5.32 Å². The van der Waals surface area contributed by atoms with Crippen LogP contribution in [0.25, 0.3) is 0 Å². The van der Waals surface area contributed by atoms with Gasteiger partial charge in [-0.3, -0.25) is 9.59 Å². The fourth-order valence-corrected chi connectivity index (χ4v) is 3.38. The molecule has 0 unspecified atom stereocenters. The molecule has 0 saturated carbocycles. The monoisotopic (exact) mass is 279 g/mol. The minimum absolute atomic E-state index is 0.00492. The van der Waals surface area contributed by atoms with Gasteiger partial charge in [0.1, 0.15) is 0 Å². The second kappa shape index (κ2) is 6.10. The van der Waals surface area contributed by atoms with Crippen molar-refractivity contribution in [3.8, 4) is 0 Å². The summed E-state index contributed by atoms with van der Waals surface area (Å²) >= 11 is 1.69. The molecule has 0 fully saturated rings. The van der Waals surface area contributed by atoms with Crippen molar-refractivity contribution in [3.63, 3.8) is 0 Å². The summed E-state index contributed by atoms with van der Waals surface area (Å²) in [5.41, 5.74) is 1.08. The second-order valence-electron chi connectivity index (χ2n) is 4.85. The SMILES string of the molecule is C[C@@H](CNC(=O)[C@@H]1CSc2ccccc21)CC(=O)O. The molecule has 1 aliphatic rings. The van der Waals surface area contributed by atoms with Crippen LogP contribution >= 0.6 is 11.8 Å². The van der Waals surface area contributed by atoms with Crippen molar-refractivity contribution in [2.45, 2.75) is 24.2 Å². The summed E-state index contributed by atoms with van der Waals surface area (Å²) in [5.74, 6) is -0.236. The molecule has 19 heavy (non-hydrogen) atoms. The van der Waals surface area contributed by atoms with Gasteiger partial charge in [-0.05, 0) is 17.5 Å². The molecular formula is C14H17NO3S. The van der Waals surface area contributed by atoms with Crippen LogP contribution in [-0.4, -0.2) is 29.3 Å². The van der Waals surface area contributed by atoms with E-state index in [4.69, 9.17) is 5.11 Å². The third-order valence-electron chi connectivity index (χ3n) is 3.16. The summed E-state index contributed by atoms with van der Waals surface area (Å²) in [4.78, 5) is 23.9. The number of rotatable bonds is 5. The average molecular weight is 279 g/mol. The number of aliphatic carboxylic acids is 1. The van der Waals surface area contributed by atoms with Crippen LogP contribution in [0.3, 0.4) is 0 Å². The topological polar surface area (TPSA) is 66.4 Å². The van der Waals surface area contributed by atoms with Gasteiger partial charge in [0.15, 0.2) is 0 Å². The van der Waals surface area contributed by atoms with Crippen molar-refractivity contribution in [1.29, 1.82) is 0 Å². The number of fused-ring (bicyclic) bond motifs is 1. The number of carboxylic acid groups (broad SMARTS) is 1. The molecule has 0 aliphatic carbocycles. The van der Waals surface area contributed by atoms with Gasteiger partial charge in [0.2, 0.25) is 5.91 Å². The van der Waals surface area contributed by atoms with E-state index in [1.165, 1.54) is 4.90 Å². The van der Waals surface area contributed by atoms with Gasteiger partial charge < -0.3 is 10.4 Å². The summed E-state index contributed by atoms with van der Waals surface area (Å²) in [6.45, 7) is 2.24. The smallest absolute Gasteiger partial charge is 0.303 e. The van der Waals surface area contributed by atoms with Crippen molar-refractivity contribution in [2.75, 3.05) is 12.3 Å². The number of thioether (sulfide) groups is 1. The van der Waals surface area contributed by atoms with Gasteiger partial charge in [0, 0.05) is 23.6 Å². The maximum absolute atomic E-state index is 12.1. The molecule has 0 radical (unpaired) electrons. The molecule has 0 bridgehead atoms. The summed E-state index contributed by atoms with van der Waals surface area (Å²) in [6.07, 6.45) is 0.0796. The number of benzene rings is 1. The Morgan fingerprint density at radius 2 is 2.21 bits per heavy atom. The van der Waals surface area contributed by atoms with Crippen LogP contribution in [0.2, 0.25) is 0 Å². The Kier molecular flexibility index (Phi) is 4.47. The number of carbonyl (C=O) groups excluding carboxylic acids is 1. The lowest BCUT2D eigenvalue weighted by Crippen LogP contribution is -2.33. The van der Waals surface area contributed by atoms with Crippen LogP contribution < -0.4 is 5.32 Å². The molecule has 1 aliphatic heterocycles. The lowest BCUT2D eigenvalue weighted by Gasteiger charge is -2.14. The highest BCUT2D eigenvalue weighted by atomic mass is 32.2. The van der Waals surface area contributed by atoms with E-state index in [1.54, 1.807) is 11.8 Å². The number of hydrogen-bond donors (Lipinski definition) is 2. The molecule has 2 atom stereocenters. The summed E-state index contributed by atoms with van der Waals surface area (Å²) < 4.78 is 0. The molecule has 1 amide bonds. The van der Waals surface area contributed by atoms with Crippen molar-refractivity contribution >= 4 is 23.6 Å². The number of carboxylic acids is 1. The summed E-state index contributed by atoms with van der Waals surface area (Å²) in [7, 11) is 0. The number of carbonyl (C=O) groups is 2. The maximum Gasteiger partial charge on any atom is 0.303 e. The van der Waals surface area contributed by atoms with Gasteiger partial charge in [0.05, 0.1) is 5.92 Å². The van der Waals surface area contributed by atoms with E-state index in [0.29, 0.717) is 6.54 Å². The minimum Gasteiger partial charge on any atom is -0.481 e.